The molecular weight excluding hydrogens is 354 g/mol. The second-order valence-electron chi connectivity index (χ2n) is 5.07. The number of halogens is 1. The smallest absolute Gasteiger partial charge is 0.272 e. The third-order valence-corrected chi connectivity index (χ3v) is 4.34. The van der Waals surface area contributed by atoms with Crippen molar-refractivity contribution < 1.29 is 4.79 Å². The molecule has 1 heterocycles. The molecule has 3 aromatic rings. The lowest BCUT2D eigenvalue weighted by Crippen LogP contribution is -2.18. The van der Waals surface area contributed by atoms with Crippen molar-refractivity contribution in [3.63, 3.8) is 0 Å². The highest BCUT2D eigenvalue weighted by atomic mass is 79.9. The maximum absolute atomic E-state index is 12.1. The summed E-state index contributed by atoms with van der Waals surface area (Å²) in [6.07, 6.45) is 3.72. The summed E-state index contributed by atoms with van der Waals surface area (Å²) in [5.74, 6) is -0.243. The molecule has 0 aliphatic heterocycles. The topological polar surface area (TPSA) is 46.4 Å². The number of nitrogens with zero attached hydrogens (tertiary/aromatic N) is 2. The minimum Gasteiger partial charge on any atom is -0.347 e. The van der Waals surface area contributed by atoms with Gasteiger partial charge in [-0.15, -0.1) is 0 Å². The summed E-state index contributed by atoms with van der Waals surface area (Å²) in [4.78, 5) is 12.1. The predicted molar refractivity (Wildman–Crippen MR) is 96.8 cm³/mol. The zero-order valence-corrected chi connectivity index (χ0v) is 14.2. The fourth-order valence-electron chi connectivity index (χ4n) is 2.51. The third kappa shape index (κ3) is 3.19. The second-order valence-corrected chi connectivity index (χ2v) is 5.92. The van der Waals surface area contributed by atoms with Gasteiger partial charge in [-0.1, -0.05) is 30.3 Å². The van der Waals surface area contributed by atoms with Crippen molar-refractivity contribution in [2.24, 2.45) is 5.10 Å². The zero-order valence-electron chi connectivity index (χ0n) is 12.7. The number of rotatable bonds is 4. The van der Waals surface area contributed by atoms with Crippen molar-refractivity contribution in [2.75, 3.05) is 0 Å². The van der Waals surface area contributed by atoms with E-state index in [4.69, 9.17) is 0 Å². The van der Waals surface area contributed by atoms with E-state index in [9.17, 15) is 4.79 Å². The Morgan fingerprint density at radius 2 is 1.96 bits per heavy atom. The first-order chi connectivity index (χ1) is 11.2. The largest absolute Gasteiger partial charge is 0.347 e. The molecule has 1 aromatic heterocycles. The lowest BCUT2D eigenvalue weighted by atomic mass is 10.2. The summed E-state index contributed by atoms with van der Waals surface area (Å²) in [6.45, 7) is 2.99. The van der Waals surface area contributed by atoms with Gasteiger partial charge in [0, 0.05) is 33.7 Å². The van der Waals surface area contributed by atoms with Crippen molar-refractivity contribution in [1.29, 1.82) is 0 Å². The molecule has 0 saturated heterocycles. The van der Waals surface area contributed by atoms with Gasteiger partial charge in [0.15, 0.2) is 0 Å². The molecule has 0 unspecified atom stereocenters. The van der Waals surface area contributed by atoms with Crippen LogP contribution in [0.1, 0.15) is 22.8 Å². The molecule has 0 fully saturated rings. The van der Waals surface area contributed by atoms with E-state index in [2.05, 4.69) is 50.1 Å². The number of carbonyl (C=O) groups is 1. The molecule has 1 N–H and O–H groups in total. The molecule has 116 valence electrons. The normalized spacial score (nSPS) is 11.2. The number of nitrogens with one attached hydrogen (secondary N) is 1. The number of carbonyl (C=O) groups excluding carboxylic acids is 1. The summed E-state index contributed by atoms with van der Waals surface area (Å²) in [6, 6.07) is 15.4. The van der Waals surface area contributed by atoms with Crippen molar-refractivity contribution in [3.8, 4) is 0 Å². The summed E-state index contributed by atoms with van der Waals surface area (Å²) < 4.78 is 2.90. The Morgan fingerprint density at radius 1 is 1.22 bits per heavy atom. The fourth-order valence-corrected chi connectivity index (χ4v) is 2.97. The summed E-state index contributed by atoms with van der Waals surface area (Å²) in [5, 5.41) is 5.22. The van der Waals surface area contributed by atoms with Crippen LogP contribution in [0, 0.1) is 0 Å². The van der Waals surface area contributed by atoms with Gasteiger partial charge in [0.2, 0.25) is 0 Å². The number of aryl methyl sites for hydroxylation is 1. The monoisotopic (exact) mass is 369 g/mol. The van der Waals surface area contributed by atoms with Crippen LogP contribution in [-0.4, -0.2) is 16.7 Å². The molecule has 0 atom stereocenters. The first-order valence-electron chi connectivity index (χ1n) is 7.36. The highest BCUT2D eigenvalue weighted by Gasteiger charge is 2.08. The van der Waals surface area contributed by atoms with Crippen LogP contribution in [0.15, 0.2) is 64.3 Å². The molecule has 1 amide bonds. The van der Waals surface area contributed by atoms with Crippen molar-refractivity contribution in [2.45, 2.75) is 13.5 Å². The minimum absolute atomic E-state index is 0.243. The Labute approximate surface area is 142 Å². The number of benzene rings is 2. The number of amides is 1. The van der Waals surface area contributed by atoms with Crippen LogP contribution in [0.5, 0.6) is 0 Å². The van der Waals surface area contributed by atoms with Gasteiger partial charge in [-0.25, -0.2) is 5.43 Å². The Kier molecular flexibility index (Phi) is 4.57. The molecule has 5 heteroatoms. The predicted octanol–water partition coefficient (Wildman–Crippen LogP) is 4.19. The molecule has 4 nitrogen and oxygen atoms in total. The fraction of sp³-hybridized carbons (Fsp3) is 0.111. The number of aromatic nitrogens is 1. The molecule has 0 aliphatic carbocycles. The van der Waals surface area contributed by atoms with Gasteiger partial charge in [-0.3, -0.25) is 4.79 Å². The molecule has 0 spiro atoms. The Bertz CT molecular complexity index is 883. The van der Waals surface area contributed by atoms with E-state index in [-0.39, 0.29) is 5.91 Å². The number of fused-ring (bicyclic) bond motifs is 1. The lowest BCUT2D eigenvalue weighted by Gasteiger charge is -2.01. The van der Waals surface area contributed by atoms with Crippen LogP contribution >= 0.6 is 15.9 Å². The maximum Gasteiger partial charge on any atom is 0.272 e. The van der Waals surface area contributed by atoms with Gasteiger partial charge >= 0.3 is 0 Å². The highest BCUT2D eigenvalue weighted by Crippen LogP contribution is 2.20. The van der Waals surface area contributed by atoms with Crippen molar-refractivity contribution in [3.05, 3.63) is 70.3 Å². The quantitative estimate of drug-likeness (QED) is 0.543. The molecule has 0 saturated carbocycles. The van der Waals surface area contributed by atoms with Gasteiger partial charge in [0.1, 0.15) is 0 Å². The Balaban J connectivity index is 1.81. The minimum atomic E-state index is -0.243. The highest BCUT2D eigenvalue weighted by molar-refractivity contribution is 9.10. The van der Waals surface area contributed by atoms with E-state index >= 15 is 0 Å². The Morgan fingerprint density at radius 3 is 2.74 bits per heavy atom. The van der Waals surface area contributed by atoms with Crippen LogP contribution in [0.3, 0.4) is 0 Å². The third-order valence-electron chi connectivity index (χ3n) is 3.65. The average Bonchev–Trinajstić information content (AvgIpc) is 2.93. The van der Waals surface area contributed by atoms with Crippen LogP contribution in [0.2, 0.25) is 0 Å². The van der Waals surface area contributed by atoms with E-state index in [1.165, 1.54) is 0 Å². The standard InChI is InChI=1S/C18H16BrN3O/c1-2-22-12-13(14-7-4-6-10-17(14)22)11-20-21-18(23)15-8-3-5-9-16(15)19/h3-12H,2H2,1H3,(H,21,23)/b20-11-. The molecule has 2 aromatic carbocycles. The van der Waals surface area contributed by atoms with E-state index in [1.54, 1.807) is 12.3 Å². The second kappa shape index (κ2) is 6.79. The molecule has 23 heavy (non-hydrogen) atoms. The van der Waals surface area contributed by atoms with E-state index < -0.39 is 0 Å². The molecule has 0 radical (unpaired) electrons. The average molecular weight is 370 g/mol. The summed E-state index contributed by atoms with van der Waals surface area (Å²) in [7, 11) is 0. The number of hydrogen-bond acceptors (Lipinski definition) is 2. The van der Waals surface area contributed by atoms with Gasteiger partial charge < -0.3 is 4.57 Å². The van der Waals surface area contributed by atoms with Crippen LogP contribution in [0.25, 0.3) is 10.9 Å². The molecule has 0 bridgehead atoms. The molecule has 3 rings (SSSR count). The van der Waals surface area contributed by atoms with E-state index in [1.807, 2.05) is 36.5 Å². The van der Waals surface area contributed by atoms with Gasteiger partial charge in [-0.05, 0) is 41.1 Å². The lowest BCUT2D eigenvalue weighted by molar-refractivity contribution is 0.0954. The van der Waals surface area contributed by atoms with Crippen LogP contribution in [-0.2, 0) is 6.54 Å². The van der Waals surface area contributed by atoms with Crippen LogP contribution < -0.4 is 5.43 Å². The first-order valence-corrected chi connectivity index (χ1v) is 8.16. The van der Waals surface area contributed by atoms with Gasteiger partial charge in [0.25, 0.3) is 5.91 Å². The van der Waals surface area contributed by atoms with Crippen molar-refractivity contribution in [1.82, 2.24) is 9.99 Å². The number of hydrogen-bond donors (Lipinski definition) is 1. The summed E-state index contributed by atoms with van der Waals surface area (Å²) >= 11 is 3.36. The maximum atomic E-state index is 12.1. The van der Waals surface area contributed by atoms with Crippen molar-refractivity contribution >= 4 is 39.0 Å². The first kappa shape index (κ1) is 15.5. The number of para-hydroxylation sites is 1. The van der Waals surface area contributed by atoms with Gasteiger partial charge in [-0.2, -0.15) is 5.10 Å². The van der Waals surface area contributed by atoms with Crippen LogP contribution in [0.4, 0.5) is 0 Å². The van der Waals surface area contributed by atoms with E-state index in [0.717, 1.165) is 27.5 Å². The SMILES string of the molecule is CCn1cc(/C=N\NC(=O)c2ccccc2Br)c2ccccc21. The number of hydrazone groups is 1. The van der Waals surface area contributed by atoms with Gasteiger partial charge in [0.05, 0.1) is 11.8 Å². The zero-order chi connectivity index (χ0) is 16.2. The molecule has 0 aliphatic rings. The molecular formula is C18H16BrN3O. The Hall–Kier alpha value is -2.40. The van der Waals surface area contributed by atoms with E-state index in [0.29, 0.717) is 5.56 Å². The summed E-state index contributed by atoms with van der Waals surface area (Å²) in [5.41, 5.74) is 5.27.